The predicted octanol–water partition coefficient (Wildman–Crippen LogP) is 2.04. The third-order valence-electron chi connectivity index (χ3n) is 6.09. The van der Waals surface area contributed by atoms with Crippen molar-refractivity contribution in [2.75, 3.05) is 46.0 Å². The molecule has 228 valence electrons. The van der Waals surface area contributed by atoms with Gasteiger partial charge in [-0.25, -0.2) is 9.78 Å². The molecular weight excluding hydrogens is 546 g/mol. The number of ether oxygens (including phenoxy) is 3. The van der Waals surface area contributed by atoms with Gasteiger partial charge in [0, 0.05) is 44.2 Å². The molecule has 0 bridgehead atoms. The molecule has 1 aliphatic heterocycles. The van der Waals surface area contributed by atoms with Crippen molar-refractivity contribution in [2.45, 2.75) is 52.2 Å². The molecule has 1 aliphatic rings. The molecule has 42 heavy (non-hydrogen) atoms. The van der Waals surface area contributed by atoms with Gasteiger partial charge in [0.05, 0.1) is 13.2 Å². The lowest BCUT2D eigenvalue weighted by molar-refractivity contribution is -0.155. The summed E-state index contributed by atoms with van der Waals surface area (Å²) in [7, 11) is 0. The average Bonchev–Trinajstić information content (AvgIpc) is 2.97. The number of aromatic nitrogens is 2. The highest BCUT2D eigenvalue weighted by Gasteiger charge is 2.32. The van der Waals surface area contributed by atoms with Crippen LogP contribution in [0.4, 0.5) is 4.79 Å². The van der Waals surface area contributed by atoms with Crippen LogP contribution in [0.25, 0.3) is 11.4 Å². The van der Waals surface area contributed by atoms with Gasteiger partial charge in [-0.1, -0.05) is 30.3 Å². The fourth-order valence-corrected chi connectivity index (χ4v) is 4.17. The summed E-state index contributed by atoms with van der Waals surface area (Å²) in [5, 5.41) is 11.9. The van der Waals surface area contributed by atoms with Gasteiger partial charge < -0.3 is 34.4 Å². The third kappa shape index (κ3) is 9.68. The first-order valence-electron chi connectivity index (χ1n) is 13.9. The van der Waals surface area contributed by atoms with E-state index in [1.165, 1.54) is 11.0 Å². The highest BCUT2D eigenvalue weighted by Crippen LogP contribution is 2.20. The number of rotatable bonds is 11. The molecule has 0 aliphatic carbocycles. The third-order valence-corrected chi connectivity index (χ3v) is 6.09. The number of hydrogen-bond donors (Lipinski definition) is 2. The van der Waals surface area contributed by atoms with Crippen LogP contribution in [-0.2, 0) is 19.1 Å². The van der Waals surface area contributed by atoms with Crippen LogP contribution >= 0.6 is 0 Å². The molecular formula is C29H39N5O8. The molecule has 0 unspecified atom stereocenters. The second-order valence-corrected chi connectivity index (χ2v) is 10.5. The minimum atomic E-state index is -1.07. The lowest BCUT2D eigenvalue weighted by Crippen LogP contribution is -2.56. The minimum absolute atomic E-state index is 0.0118. The van der Waals surface area contributed by atoms with Crippen LogP contribution in [0.1, 0.15) is 51.0 Å². The quantitative estimate of drug-likeness (QED) is 0.374. The second kappa shape index (κ2) is 15.1. The van der Waals surface area contributed by atoms with Gasteiger partial charge in [-0.3, -0.25) is 14.4 Å². The molecule has 1 atom stereocenters. The summed E-state index contributed by atoms with van der Waals surface area (Å²) in [6.07, 6.45) is -0.570. The Hall–Kier alpha value is -4.26. The molecule has 0 spiro atoms. The van der Waals surface area contributed by atoms with Crippen molar-refractivity contribution >= 4 is 23.9 Å². The Morgan fingerprint density at radius 2 is 1.69 bits per heavy atom. The standard InChI is InChI=1S/C29H39N5O8/c1-5-40-28(39)34-15-13-33(14-16-34)27(38)21(11-12-24(36)42-29(2,3)4)31-26(37)22-19-23(41-18-17-35)32-25(30-22)20-9-7-6-8-10-20/h6-10,19,21,35H,5,11-18H2,1-4H3,(H,31,37)/t21-/m0/s1. The summed E-state index contributed by atoms with van der Waals surface area (Å²) in [5.41, 5.74) is -0.125. The molecule has 3 rings (SSSR count). The van der Waals surface area contributed by atoms with E-state index in [1.54, 1.807) is 56.9 Å². The largest absolute Gasteiger partial charge is 0.475 e. The van der Waals surface area contributed by atoms with E-state index in [2.05, 4.69) is 15.3 Å². The highest BCUT2D eigenvalue weighted by atomic mass is 16.6. The highest BCUT2D eigenvalue weighted by molar-refractivity contribution is 5.96. The number of benzene rings is 1. The van der Waals surface area contributed by atoms with E-state index in [4.69, 9.17) is 14.2 Å². The molecule has 0 saturated carbocycles. The van der Waals surface area contributed by atoms with E-state index in [1.807, 2.05) is 6.07 Å². The van der Waals surface area contributed by atoms with Crippen LogP contribution in [0.2, 0.25) is 0 Å². The molecule has 1 fully saturated rings. The number of nitrogens with zero attached hydrogens (tertiary/aromatic N) is 4. The number of amides is 3. The smallest absolute Gasteiger partial charge is 0.409 e. The molecule has 2 aromatic rings. The molecule has 2 heterocycles. The number of hydrogen-bond acceptors (Lipinski definition) is 10. The van der Waals surface area contributed by atoms with Crippen LogP contribution < -0.4 is 10.1 Å². The number of aliphatic hydroxyl groups excluding tert-OH is 1. The summed E-state index contributed by atoms with van der Waals surface area (Å²) in [6, 6.07) is 9.23. The van der Waals surface area contributed by atoms with Gasteiger partial charge in [-0.15, -0.1) is 0 Å². The number of piperazine rings is 1. The fraction of sp³-hybridized carbons (Fsp3) is 0.517. The van der Waals surface area contributed by atoms with Crippen LogP contribution in [0.3, 0.4) is 0 Å². The molecule has 2 N–H and O–H groups in total. The fourth-order valence-electron chi connectivity index (χ4n) is 4.17. The molecule has 1 saturated heterocycles. The molecule has 3 amide bonds. The van der Waals surface area contributed by atoms with E-state index in [-0.39, 0.29) is 76.2 Å². The average molecular weight is 586 g/mol. The maximum Gasteiger partial charge on any atom is 0.409 e. The molecule has 0 radical (unpaired) electrons. The Kier molecular flexibility index (Phi) is 11.6. The van der Waals surface area contributed by atoms with E-state index < -0.39 is 35.5 Å². The zero-order chi connectivity index (χ0) is 30.7. The summed E-state index contributed by atoms with van der Waals surface area (Å²) < 4.78 is 15.9. The number of esters is 1. The number of carbonyl (C=O) groups excluding carboxylic acids is 4. The molecule has 13 heteroatoms. The predicted molar refractivity (Wildman–Crippen MR) is 152 cm³/mol. The van der Waals surface area contributed by atoms with E-state index in [0.29, 0.717) is 5.56 Å². The molecule has 13 nitrogen and oxygen atoms in total. The van der Waals surface area contributed by atoms with Gasteiger partial charge in [0.2, 0.25) is 11.8 Å². The van der Waals surface area contributed by atoms with Crippen molar-refractivity contribution in [2.24, 2.45) is 0 Å². The van der Waals surface area contributed by atoms with Crippen molar-refractivity contribution < 1.29 is 38.5 Å². The Morgan fingerprint density at radius 3 is 2.31 bits per heavy atom. The molecule has 1 aromatic heterocycles. The van der Waals surface area contributed by atoms with Crippen LogP contribution in [0.5, 0.6) is 5.88 Å². The summed E-state index contributed by atoms with van der Waals surface area (Å²) >= 11 is 0. The lowest BCUT2D eigenvalue weighted by atomic mass is 10.1. The first kappa shape index (κ1) is 32.3. The van der Waals surface area contributed by atoms with E-state index in [0.717, 1.165) is 0 Å². The van der Waals surface area contributed by atoms with Crippen molar-refractivity contribution in [1.82, 2.24) is 25.1 Å². The number of carbonyl (C=O) groups is 4. The monoisotopic (exact) mass is 585 g/mol. The van der Waals surface area contributed by atoms with E-state index in [9.17, 15) is 24.3 Å². The van der Waals surface area contributed by atoms with Gasteiger partial charge >= 0.3 is 12.1 Å². The van der Waals surface area contributed by atoms with Gasteiger partial charge in [0.15, 0.2) is 5.82 Å². The Bertz CT molecular complexity index is 1230. The Labute approximate surface area is 245 Å². The van der Waals surface area contributed by atoms with Crippen molar-refractivity contribution in [3.05, 3.63) is 42.1 Å². The lowest BCUT2D eigenvalue weighted by Gasteiger charge is -2.36. The number of aliphatic hydroxyl groups is 1. The summed E-state index contributed by atoms with van der Waals surface area (Å²) in [5.74, 6) is -1.27. The normalized spacial score (nSPS) is 14.1. The SMILES string of the molecule is CCOC(=O)N1CCN(C(=O)[C@H](CCC(=O)OC(C)(C)C)NC(=O)c2cc(OCCO)nc(-c3ccccc3)n2)CC1. The van der Waals surface area contributed by atoms with Crippen LogP contribution in [0.15, 0.2) is 36.4 Å². The van der Waals surface area contributed by atoms with Gasteiger partial charge in [0.25, 0.3) is 5.91 Å². The van der Waals surface area contributed by atoms with Crippen molar-refractivity contribution in [1.29, 1.82) is 0 Å². The maximum absolute atomic E-state index is 13.6. The summed E-state index contributed by atoms with van der Waals surface area (Å²) in [4.78, 5) is 63.4. The minimum Gasteiger partial charge on any atom is -0.475 e. The summed E-state index contributed by atoms with van der Waals surface area (Å²) in [6.45, 7) is 7.93. The first-order chi connectivity index (χ1) is 20.0. The van der Waals surface area contributed by atoms with Crippen molar-refractivity contribution in [3.8, 4) is 17.3 Å². The van der Waals surface area contributed by atoms with Crippen molar-refractivity contribution in [3.63, 3.8) is 0 Å². The van der Waals surface area contributed by atoms with Gasteiger partial charge in [-0.05, 0) is 34.1 Å². The maximum atomic E-state index is 13.6. The zero-order valence-electron chi connectivity index (χ0n) is 24.5. The Balaban J connectivity index is 1.81. The van der Waals surface area contributed by atoms with Gasteiger partial charge in [-0.2, -0.15) is 4.98 Å². The van der Waals surface area contributed by atoms with Gasteiger partial charge in [0.1, 0.15) is 23.9 Å². The molecule has 1 aromatic carbocycles. The van der Waals surface area contributed by atoms with Crippen LogP contribution in [0, 0.1) is 0 Å². The number of nitrogens with one attached hydrogen (secondary N) is 1. The zero-order valence-corrected chi connectivity index (χ0v) is 24.5. The topological polar surface area (TPSA) is 160 Å². The van der Waals surface area contributed by atoms with Crippen LogP contribution in [-0.4, -0.2) is 106 Å². The second-order valence-electron chi connectivity index (χ2n) is 10.5. The first-order valence-corrected chi connectivity index (χ1v) is 13.9. The van der Waals surface area contributed by atoms with E-state index >= 15 is 0 Å². The Morgan fingerprint density at radius 1 is 1.02 bits per heavy atom.